The van der Waals surface area contributed by atoms with Gasteiger partial charge in [-0.3, -0.25) is 9.78 Å². The molecular weight excluding hydrogens is 358 g/mol. The number of rotatable bonds is 5. The molecule has 0 radical (unpaired) electrons. The number of nitrogens with one attached hydrogen (secondary N) is 1. The van der Waals surface area contributed by atoms with Gasteiger partial charge in [0.15, 0.2) is 5.65 Å². The number of hydrogen-bond donors (Lipinski definition) is 2. The van der Waals surface area contributed by atoms with Crippen LogP contribution in [0.1, 0.15) is 46.3 Å². The molecule has 0 aliphatic heterocycles. The van der Waals surface area contributed by atoms with Crippen LogP contribution in [0.5, 0.6) is 5.75 Å². The number of ether oxygens (including phenoxy) is 1. The van der Waals surface area contributed by atoms with Gasteiger partial charge >= 0.3 is 0 Å². The van der Waals surface area contributed by atoms with Crippen molar-refractivity contribution in [1.82, 2.24) is 24.9 Å². The number of amides is 1. The Labute approximate surface area is 162 Å². The van der Waals surface area contributed by atoms with E-state index in [1.54, 1.807) is 30.1 Å². The van der Waals surface area contributed by atoms with Crippen molar-refractivity contribution in [2.75, 3.05) is 7.11 Å². The maximum absolute atomic E-state index is 13.0. The quantitative estimate of drug-likeness (QED) is 0.701. The van der Waals surface area contributed by atoms with Gasteiger partial charge in [0, 0.05) is 18.0 Å². The number of hydrogen-bond acceptors (Lipinski definition) is 6. The third-order valence-electron chi connectivity index (χ3n) is 5.20. The summed E-state index contributed by atoms with van der Waals surface area (Å²) >= 11 is 0. The number of aryl methyl sites for hydroxylation is 2. The van der Waals surface area contributed by atoms with Gasteiger partial charge in [-0.15, -0.1) is 0 Å². The summed E-state index contributed by atoms with van der Waals surface area (Å²) in [5.74, 6) is 0.496. The summed E-state index contributed by atoms with van der Waals surface area (Å²) in [5, 5.41) is 17.2. The van der Waals surface area contributed by atoms with E-state index in [1.165, 1.54) is 0 Å². The lowest BCUT2D eigenvalue weighted by Crippen LogP contribution is -2.41. The van der Waals surface area contributed by atoms with Gasteiger partial charge in [0.25, 0.3) is 5.91 Å². The van der Waals surface area contributed by atoms with E-state index < -0.39 is 0 Å². The molecule has 8 nitrogen and oxygen atoms in total. The largest absolute Gasteiger partial charge is 0.495 e. The molecule has 1 saturated carbocycles. The highest BCUT2D eigenvalue weighted by Gasteiger charge is 2.36. The Morgan fingerprint density at radius 1 is 1.29 bits per heavy atom. The van der Waals surface area contributed by atoms with Gasteiger partial charge in [-0.05, 0) is 50.3 Å². The summed E-state index contributed by atoms with van der Waals surface area (Å²) in [6.45, 7) is 3.78. The fraction of sp³-hybridized carbons (Fsp3) is 0.400. The third-order valence-corrected chi connectivity index (χ3v) is 5.20. The van der Waals surface area contributed by atoms with E-state index in [0.717, 1.165) is 17.0 Å². The van der Waals surface area contributed by atoms with Gasteiger partial charge in [-0.2, -0.15) is 5.10 Å². The van der Waals surface area contributed by atoms with E-state index in [2.05, 4.69) is 20.4 Å². The SMILES string of the molecule is COc1cncc([C@H](NC(=O)c2cc(C)n3nc(C)cc3n2)C2CC(O)C2)c1. The maximum atomic E-state index is 13.0. The van der Waals surface area contributed by atoms with E-state index in [4.69, 9.17) is 4.74 Å². The fourth-order valence-electron chi connectivity index (χ4n) is 3.66. The number of methoxy groups -OCH3 is 1. The second-order valence-electron chi connectivity index (χ2n) is 7.33. The summed E-state index contributed by atoms with van der Waals surface area (Å²) in [7, 11) is 1.58. The Balaban J connectivity index is 1.63. The van der Waals surface area contributed by atoms with Crippen LogP contribution in [0.25, 0.3) is 5.65 Å². The molecule has 1 aliphatic rings. The zero-order valence-corrected chi connectivity index (χ0v) is 16.1. The standard InChI is InChI=1S/C20H23N5O3/c1-11-4-18-22-17(5-12(2)25(18)24-11)20(27)23-19(13-6-15(26)7-13)14-8-16(28-3)10-21-9-14/h4-5,8-10,13,15,19,26H,6-7H2,1-3H3,(H,23,27)/t13?,15?,19-/m1/s1. The van der Waals surface area contributed by atoms with E-state index in [1.807, 2.05) is 26.0 Å². The van der Waals surface area contributed by atoms with Crippen LogP contribution in [0.4, 0.5) is 0 Å². The Kier molecular flexibility index (Phi) is 4.72. The minimum atomic E-state index is -0.325. The molecule has 3 aromatic rings. The molecule has 0 spiro atoms. The van der Waals surface area contributed by atoms with Crippen molar-refractivity contribution >= 4 is 11.6 Å². The monoisotopic (exact) mass is 381 g/mol. The van der Waals surface area contributed by atoms with Crippen LogP contribution in [-0.4, -0.2) is 43.8 Å². The number of aromatic nitrogens is 4. The molecule has 2 N–H and O–H groups in total. The second kappa shape index (κ2) is 7.20. The van der Waals surface area contributed by atoms with Gasteiger partial charge in [0.2, 0.25) is 0 Å². The number of pyridine rings is 1. The maximum Gasteiger partial charge on any atom is 0.270 e. The Bertz CT molecular complexity index is 1030. The van der Waals surface area contributed by atoms with Crippen LogP contribution in [0, 0.1) is 19.8 Å². The van der Waals surface area contributed by atoms with Gasteiger partial charge in [-0.25, -0.2) is 9.50 Å². The Hall–Kier alpha value is -3.00. The van der Waals surface area contributed by atoms with Crippen molar-refractivity contribution in [3.8, 4) is 5.75 Å². The first-order valence-corrected chi connectivity index (χ1v) is 9.26. The van der Waals surface area contributed by atoms with Crippen molar-refractivity contribution in [1.29, 1.82) is 0 Å². The molecule has 1 amide bonds. The van der Waals surface area contributed by atoms with Crippen LogP contribution in [0.2, 0.25) is 0 Å². The highest BCUT2D eigenvalue weighted by molar-refractivity contribution is 5.93. The van der Waals surface area contributed by atoms with Gasteiger partial charge in [-0.1, -0.05) is 0 Å². The Morgan fingerprint density at radius 3 is 2.79 bits per heavy atom. The molecule has 3 aromatic heterocycles. The summed E-state index contributed by atoms with van der Waals surface area (Å²) in [4.78, 5) is 21.7. The highest BCUT2D eigenvalue weighted by Crippen LogP contribution is 2.38. The third kappa shape index (κ3) is 3.43. The lowest BCUT2D eigenvalue weighted by molar-refractivity contribution is 0.0234. The van der Waals surface area contributed by atoms with E-state index in [9.17, 15) is 9.90 Å². The average molecular weight is 381 g/mol. The molecule has 0 bridgehead atoms. The van der Waals surface area contributed by atoms with E-state index in [-0.39, 0.29) is 24.0 Å². The molecule has 28 heavy (non-hydrogen) atoms. The molecule has 1 atom stereocenters. The first kappa shape index (κ1) is 18.4. The molecule has 1 aliphatic carbocycles. The Morgan fingerprint density at radius 2 is 2.07 bits per heavy atom. The molecule has 3 heterocycles. The van der Waals surface area contributed by atoms with Crippen molar-refractivity contribution in [3.05, 3.63) is 53.2 Å². The summed E-state index contributed by atoms with van der Waals surface area (Å²) < 4.78 is 6.99. The molecule has 0 saturated heterocycles. The van der Waals surface area contributed by atoms with E-state index >= 15 is 0 Å². The predicted octanol–water partition coefficient (Wildman–Crippen LogP) is 1.99. The van der Waals surface area contributed by atoms with Crippen molar-refractivity contribution in [3.63, 3.8) is 0 Å². The van der Waals surface area contributed by atoms with Gasteiger partial charge < -0.3 is 15.2 Å². The highest BCUT2D eigenvalue weighted by atomic mass is 16.5. The summed E-state index contributed by atoms with van der Waals surface area (Å²) in [6.07, 6.45) is 4.29. The van der Waals surface area contributed by atoms with Crippen LogP contribution in [0.3, 0.4) is 0 Å². The van der Waals surface area contributed by atoms with Crippen LogP contribution in [0.15, 0.2) is 30.6 Å². The number of aliphatic hydroxyl groups is 1. The van der Waals surface area contributed by atoms with Gasteiger partial charge in [0.05, 0.1) is 31.1 Å². The van der Waals surface area contributed by atoms with E-state index in [0.29, 0.717) is 29.9 Å². The second-order valence-corrected chi connectivity index (χ2v) is 7.33. The molecule has 4 rings (SSSR count). The smallest absolute Gasteiger partial charge is 0.270 e. The van der Waals surface area contributed by atoms with Crippen molar-refractivity contribution in [2.24, 2.45) is 5.92 Å². The number of carbonyl (C=O) groups is 1. The number of carbonyl (C=O) groups excluding carboxylic acids is 1. The number of nitrogens with zero attached hydrogens (tertiary/aromatic N) is 4. The van der Waals surface area contributed by atoms with Crippen LogP contribution in [-0.2, 0) is 0 Å². The lowest BCUT2D eigenvalue weighted by Gasteiger charge is -2.38. The minimum Gasteiger partial charge on any atom is -0.495 e. The molecule has 1 fully saturated rings. The summed E-state index contributed by atoms with van der Waals surface area (Å²) in [5.41, 5.74) is 3.51. The van der Waals surface area contributed by atoms with Gasteiger partial charge in [0.1, 0.15) is 11.4 Å². The average Bonchev–Trinajstić information content (AvgIpc) is 3.04. The number of aliphatic hydroxyl groups excluding tert-OH is 1. The first-order valence-electron chi connectivity index (χ1n) is 9.26. The zero-order valence-electron chi connectivity index (χ0n) is 16.1. The molecule has 146 valence electrons. The predicted molar refractivity (Wildman–Crippen MR) is 102 cm³/mol. The lowest BCUT2D eigenvalue weighted by atomic mass is 9.75. The fourth-order valence-corrected chi connectivity index (χ4v) is 3.66. The molecule has 0 unspecified atom stereocenters. The van der Waals surface area contributed by atoms with Crippen LogP contribution >= 0.6 is 0 Å². The van der Waals surface area contributed by atoms with Crippen molar-refractivity contribution in [2.45, 2.75) is 38.8 Å². The van der Waals surface area contributed by atoms with Crippen molar-refractivity contribution < 1.29 is 14.6 Å². The van der Waals surface area contributed by atoms with Crippen LogP contribution < -0.4 is 10.1 Å². The normalized spacial score (nSPS) is 19.9. The molecular formula is C20H23N5O3. The minimum absolute atomic E-state index is 0.134. The number of fused-ring (bicyclic) bond motifs is 1. The topological polar surface area (TPSA) is 102 Å². The summed E-state index contributed by atoms with van der Waals surface area (Å²) in [6, 6.07) is 5.16. The zero-order chi connectivity index (χ0) is 19.8. The molecule has 0 aromatic carbocycles. The molecule has 8 heteroatoms. The first-order chi connectivity index (χ1) is 13.4.